The van der Waals surface area contributed by atoms with Crippen molar-refractivity contribution in [2.24, 2.45) is 5.92 Å². The fourth-order valence-corrected chi connectivity index (χ4v) is 0.471. The van der Waals surface area contributed by atoms with Crippen LogP contribution in [0.1, 0.15) is 20.8 Å². The van der Waals surface area contributed by atoms with Crippen LogP contribution in [0.3, 0.4) is 0 Å². The third-order valence-corrected chi connectivity index (χ3v) is 1.33. The Morgan fingerprint density at radius 1 is 1.50 bits per heavy atom. The van der Waals surface area contributed by atoms with Gasteiger partial charge >= 0.3 is 0 Å². The molecule has 0 heterocycles. The van der Waals surface area contributed by atoms with Crippen LogP contribution in [0.25, 0.3) is 0 Å². The summed E-state index contributed by atoms with van der Waals surface area (Å²) in [5.41, 5.74) is 1.72. The largest absolute Gasteiger partial charge is 0.305 e. The molecular formula is C9H15N. The first-order chi connectivity index (χ1) is 4.57. The Hall–Kier alpha value is -0.850. The van der Waals surface area contributed by atoms with E-state index in [0.29, 0.717) is 11.6 Å². The van der Waals surface area contributed by atoms with E-state index in [1.807, 2.05) is 26.8 Å². The zero-order valence-corrected chi connectivity index (χ0v) is 6.94. The van der Waals surface area contributed by atoms with E-state index in [0.717, 1.165) is 5.57 Å². The van der Waals surface area contributed by atoms with Crippen LogP contribution in [0.4, 0.5) is 0 Å². The summed E-state index contributed by atoms with van der Waals surface area (Å²) in [5.74, 6) is 0.315. The molecule has 10 heavy (non-hydrogen) atoms. The van der Waals surface area contributed by atoms with Gasteiger partial charge in [-0.1, -0.05) is 26.5 Å². The molecule has 0 saturated carbocycles. The lowest BCUT2D eigenvalue weighted by Gasteiger charge is -2.01. The highest BCUT2D eigenvalue weighted by Gasteiger charge is 1.96. The maximum Gasteiger partial charge on any atom is 0.0341 e. The molecule has 0 aromatic rings. The highest BCUT2D eigenvalue weighted by atomic mass is 14.4. The molecule has 0 aliphatic heterocycles. The summed E-state index contributed by atoms with van der Waals surface area (Å²) in [4.78, 5) is 0. The molecule has 1 heteroatoms. The Morgan fingerprint density at radius 2 is 2.00 bits per heavy atom. The molecule has 0 aliphatic rings. The Kier molecular flexibility index (Phi) is 3.70. The van der Waals surface area contributed by atoms with Crippen molar-refractivity contribution in [1.29, 1.82) is 5.41 Å². The van der Waals surface area contributed by atoms with Gasteiger partial charge in [0.25, 0.3) is 0 Å². The molecule has 0 atom stereocenters. The smallest absolute Gasteiger partial charge is 0.0341 e. The van der Waals surface area contributed by atoms with Crippen molar-refractivity contribution >= 4 is 5.71 Å². The monoisotopic (exact) mass is 137 g/mol. The summed E-state index contributed by atoms with van der Waals surface area (Å²) < 4.78 is 0. The van der Waals surface area contributed by atoms with Crippen LogP contribution >= 0.6 is 0 Å². The fourth-order valence-electron chi connectivity index (χ4n) is 0.471. The van der Waals surface area contributed by atoms with Crippen LogP contribution in [0.5, 0.6) is 0 Å². The minimum absolute atomic E-state index is 0.315. The van der Waals surface area contributed by atoms with E-state index in [9.17, 15) is 0 Å². The van der Waals surface area contributed by atoms with Gasteiger partial charge < -0.3 is 5.41 Å². The fraction of sp³-hybridized carbons (Fsp3) is 0.444. The van der Waals surface area contributed by atoms with Crippen molar-refractivity contribution in [3.05, 3.63) is 24.3 Å². The van der Waals surface area contributed by atoms with Gasteiger partial charge in [-0.3, -0.25) is 0 Å². The van der Waals surface area contributed by atoms with Gasteiger partial charge in [-0.25, -0.2) is 0 Å². The van der Waals surface area contributed by atoms with Gasteiger partial charge in [0.1, 0.15) is 0 Å². The molecule has 1 nitrogen and oxygen atoms in total. The second-order valence-corrected chi connectivity index (χ2v) is 2.70. The summed E-state index contributed by atoms with van der Waals surface area (Å²) in [7, 11) is 0. The lowest BCUT2D eigenvalue weighted by Crippen LogP contribution is -2.01. The molecule has 1 N–H and O–H groups in total. The highest BCUT2D eigenvalue weighted by molar-refractivity contribution is 5.94. The lowest BCUT2D eigenvalue weighted by molar-refractivity contribution is 0.881. The molecule has 0 fully saturated rings. The number of rotatable bonds is 3. The Balaban J connectivity index is 4.13. The molecular weight excluding hydrogens is 122 g/mol. The molecule has 0 saturated heterocycles. The second kappa shape index (κ2) is 4.04. The molecule has 0 spiro atoms. The number of hydrogen-bond donors (Lipinski definition) is 1. The molecule has 0 rings (SSSR count). The van der Waals surface area contributed by atoms with E-state index in [2.05, 4.69) is 6.58 Å². The van der Waals surface area contributed by atoms with Gasteiger partial charge in [0.2, 0.25) is 0 Å². The molecule has 0 aromatic heterocycles. The molecule has 56 valence electrons. The summed E-state index contributed by atoms with van der Waals surface area (Å²) in [5, 5.41) is 7.45. The molecule has 0 bridgehead atoms. The van der Waals surface area contributed by atoms with Gasteiger partial charge in [-0.05, 0) is 24.5 Å². The SMILES string of the molecule is C=C/C(C)=C\C(=N)C(C)C. The van der Waals surface area contributed by atoms with E-state index >= 15 is 0 Å². The molecule has 0 radical (unpaired) electrons. The molecule has 0 aromatic carbocycles. The van der Waals surface area contributed by atoms with Gasteiger partial charge in [0, 0.05) is 5.71 Å². The quantitative estimate of drug-likeness (QED) is 0.457. The third-order valence-electron chi connectivity index (χ3n) is 1.33. The normalized spacial score (nSPS) is 11.8. The van der Waals surface area contributed by atoms with Crippen molar-refractivity contribution in [3.8, 4) is 0 Å². The zero-order chi connectivity index (χ0) is 8.15. The summed E-state index contributed by atoms with van der Waals surface area (Å²) in [6.07, 6.45) is 3.61. The van der Waals surface area contributed by atoms with E-state index in [1.165, 1.54) is 0 Å². The summed E-state index contributed by atoms with van der Waals surface area (Å²) in [6, 6.07) is 0. The van der Waals surface area contributed by atoms with E-state index in [-0.39, 0.29) is 0 Å². The van der Waals surface area contributed by atoms with Gasteiger partial charge in [0.05, 0.1) is 0 Å². The van der Waals surface area contributed by atoms with Gasteiger partial charge in [-0.15, -0.1) is 0 Å². The first-order valence-electron chi connectivity index (χ1n) is 3.47. The Bertz CT molecular complexity index is 164. The van der Waals surface area contributed by atoms with Crippen LogP contribution in [0, 0.1) is 11.3 Å². The predicted octanol–water partition coefficient (Wildman–Crippen LogP) is 2.79. The topological polar surface area (TPSA) is 23.9 Å². The van der Waals surface area contributed by atoms with E-state index in [4.69, 9.17) is 5.41 Å². The van der Waals surface area contributed by atoms with Crippen LogP contribution in [-0.4, -0.2) is 5.71 Å². The predicted molar refractivity (Wildman–Crippen MR) is 46.5 cm³/mol. The number of allylic oxidation sites excluding steroid dienone is 3. The summed E-state index contributed by atoms with van der Waals surface area (Å²) in [6.45, 7) is 9.57. The van der Waals surface area contributed by atoms with E-state index < -0.39 is 0 Å². The van der Waals surface area contributed by atoms with Crippen molar-refractivity contribution in [1.82, 2.24) is 0 Å². The van der Waals surface area contributed by atoms with Crippen LogP contribution in [-0.2, 0) is 0 Å². The Labute approximate surface area is 63.0 Å². The highest BCUT2D eigenvalue weighted by Crippen LogP contribution is 2.00. The van der Waals surface area contributed by atoms with Crippen LogP contribution < -0.4 is 0 Å². The van der Waals surface area contributed by atoms with Crippen molar-refractivity contribution < 1.29 is 0 Å². The maximum absolute atomic E-state index is 7.45. The first-order valence-corrected chi connectivity index (χ1v) is 3.47. The third kappa shape index (κ3) is 3.23. The molecule has 0 unspecified atom stereocenters. The average molecular weight is 137 g/mol. The summed E-state index contributed by atoms with van der Waals surface area (Å²) >= 11 is 0. The van der Waals surface area contributed by atoms with Crippen molar-refractivity contribution in [3.63, 3.8) is 0 Å². The van der Waals surface area contributed by atoms with Crippen LogP contribution in [0.2, 0.25) is 0 Å². The van der Waals surface area contributed by atoms with E-state index in [1.54, 1.807) is 6.08 Å². The lowest BCUT2D eigenvalue weighted by atomic mass is 10.1. The van der Waals surface area contributed by atoms with Crippen molar-refractivity contribution in [2.75, 3.05) is 0 Å². The number of hydrogen-bond acceptors (Lipinski definition) is 1. The Morgan fingerprint density at radius 3 is 2.30 bits per heavy atom. The standard InChI is InChI=1S/C9H15N/c1-5-8(4)6-9(10)7(2)3/h5-7,10H,1H2,2-4H3/b8-6-,10-9?. The number of nitrogens with one attached hydrogen (secondary N) is 1. The van der Waals surface area contributed by atoms with Crippen molar-refractivity contribution in [2.45, 2.75) is 20.8 Å². The second-order valence-electron chi connectivity index (χ2n) is 2.70. The minimum atomic E-state index is 0.315. The van der Waals surface area contributed by atoms with Gasteiger partial charge in [0.15, 0.2) is 0 Å². The minimum Gasteiger partial charge on any atom is -0.305 e. The van der Waals surface area contributed by atoms with Crippen LogP contribution in [0.15, 0.2) is 24.3 Å². The zero-order valence-electron chi connectivity index (χ0n) is 6.94. The van der Waals surface area contributed by atoms with Gasteiger partial charge in [-0.2, -0.15) is 0 Å². The first kappa shape index (κ1) is 9.15. The maximum atomic E-state index is 7.45. The molecule has 0 amide bonds. The molecule has 0 aliphatic carbocycles. The average Bonchev–Trinajstić information content (AvgIpc) is 1.87.